The molecule has 2 rings (SSSR count). The standard InChI is InChI=1S/C25H32O6/c1-15(2)23(26)29-20-9-7-18(8-10-20)11-19-12-21(30-24(27)16(3)4)14-22(13-19)31-25(28)17(5)6/h12-14,18,20,23,26H,1,3,5,7-11H2,2,4,6H3. The summed E-state index contributed by atoms with van der Waals surface area (Å²) in [5, 5.41) is 9.85. The maximum Gasteiger partial charge on any atom is 0.338 e. The summed E-state index contributed by atoms with van der Waals surface area (Å²) >= 11 is 0. The summed E-state index contributed by atoms with van der Waals surface area (Å²) in [6, 6.07) is 5.08. The van der Waals surface area contributed by atoms with Crippen molar-refractivity contribution in [2.24, 2.45) is 5.92 Å². The predicted octanol–water partition coefficient (Wildman–Crippen LogP) is 4.66. The molecule has 1 saturated carbocycles. The Hall–Kier alpha value is -2.70. The molecule has 168 valence electrons. The number of hydrogen-bond acceptors (Lipinski definition) is 6. The summed E-state index contributed by atoms with van der Waals surface area (Å²) in [5.41, 5.74) is 2.06. The highest BCUT2D eigenvalue weighted by Crippen LogP contribution is 2.32. The van der Waals surface area contributed by atoms with E-state index in [1.807, 2.05) is 0 Å². The van der Waals surface area contributed by atoms with Crippen molar-refractivity contribution < 1.29 is 28.9 Å². The Morgan fingerprint density at radius 3 is 1.84 bits per heavy atom. The van der Waals surface area contributed by atoms with Crippen LogP contribution in [0, 0.1) is 5.92 Å². The molecule has 6 heteroatoms. The van der Waals surface area contributed by atoms with Crippen LogP contribution in [-0.2, 0) is 20.7 Å². The molecule has 31 heavy (non-hydrogen) atoms. The number of hydrogen-bond donors (Lipinski definition) is 1. The molecular weight excluding hydrogens is 396 g/mol. The van der Waals surface area contributed by atoms with E-state index in [1.54, 1.807) is 32.9 Å². The molecule has 0 aromatic heterocycles. The number of carbonyl (C=O) groups excluding carboxylic acids is 2. The number of aliphatic hydroxyl groups is 1. The van der Waals surface area contributed by atoms with E-state index in [2.05, 4.69) is 19.7 Å². The number of aliphatic hydroxyl groups excluding tert-OH is 1. The molecule has 0 saturated heterocycles. The first-order chi connectivity index (χ1) is 14.5. The fourth-order valence-corrected chi connectivity index (χ4v) is 3.36. The molecular formula is C25H32O6. The van der Waals surface area contributed by atoms with Gasteiger partial charge in [-0.3, -0.25) is 0 Å². The number of carbonyl (C=O) groups is 2. The van der Waals surface area contributed by atoms with Gasteiger partial charge in [-0.25, -0.2) is 9.59 Å². The van der Waals surface area contributed by atoms with Crippen molar-refractivity contribution >= 4 is 11.9 Å². The van der Waals surface area contributed by atoms with Crippen LogP contribution in [0.3, 0.4) is 0 Å². The van der Waals surface area contributed by atoms with Gasteiger partial charge in [0, 0.05) is 17.2 Å². The maximum atomic E-state index is 11.9. The average Bonchev–Trinajstić information content (AvgIpc) is 2.69. The van der Waals surface area contributed by atoms with Gasteiger partial charge in [0.1, 0.15) is 11.5 Å². The molecule has 0 aliphatic heterocycles. The quantitative estimate of drug-likeness (QED) is 0.202. The fraction of sp³-hybridized carbons (Fsp3) is 0.440. The third kappa shape index (κ3) is 7.81. The summed E-state index contributed by atoms with van der Waals surface area (Å²) in [4.78, 5) is 23.9. The highest BCUT2D eigenvalue weighted by Gasteiger charge is 2.24. The van der Waals surface area contributed by atoms with Crippen molar-refractivity contribution in [2.75, 3.05) is 0 Å². The van der Waals surface area contributed by atoms with Gasteiger partial charge in [0.2, 0.25) is 0 Å². The van der Waals surface area contributed by atoms with Gasteiger partial charge in [0.25, 0.3) is 0 Å². The van der Waals surface area contributed by atoms with Crippen molar-refractivity contribution in [3.63, 3.8) is 0 Å². The minimum absolute atomic E-state index is 0.0119. The highest BCUT2D eigenvalue weighted by molar-refractivity contribution is 5.89. The molecule has 1 aliphatic rings. The Kier molecular flexibility index (Phi) is 8.77. The second kappa shape index (κ2) is 11.1. The fourth-order valence-electron chi connectivity index (χ4n) is 3.36. The van der Waals surface area contributed by atoms with E-state index in [4.69, 9.17) is 14.2 Å². The van der Waals surface area contributed by atoms with E-state index in [1.165, 1.54) is 6.07 Å². The Morgan fingerprint density at radius 2 is 1.42 bits per heavy atom. The molecule has 1 unspecified atom stereocenters. The van der Waals surface area contributed by atoms with Gasteiger partial charge in [0.05, 0.1) is 6.10 Å². The number of rotatable bonds is 9. The number of esters is 2. The van der Waals surface area contributed by atoms with Crippen molar-refractivity contribution in [1.29, 1.82) is 0 Å². The summed E-state index contributed by atoms with van der Waals surface area (Å²) in [7, 11) is 0. The molecule has 1 aliphatic carbocycles. The van der Waals surface area contributed by atoms with Crippen LogP contribution in [-0.4, -0.2) is 29.4 Å². The molecule has 1 N–H and O–H groups in total. The van der Waals surface area contributed by atoms with Crippen LogP contribution >= 0.6 is 0 Å². The molecule has 0 amide bonds. The minimum Gasteiger partial charge on any atom is -0.423 e. The van der Waals surface area contributed by atoms with Gasteiger partial charge in [-0.1, -0.05) is 19.7 Å². The average molecular weight is 429 g/mol. The zero-order chi connectivity index (χ0) is 23.1. The second-order valence-corrected chi connectivity index (χ2v) is 8.33. The van der Waals surface area contributed by atoms with Crippen LogP contribution in [0.1, 0.15) is 52.0 Å². The van der Waals surface area contributed by atoms with E-state index in [-0.39, 0.29) is 17.3 Å². The first kappa shape index (κ1) is 24.6. The van der Waals surface area contributed by atoms with Crippen LogP contribution in [0.25, 0.3) is 0 Å². The molecule has 0 heterocycles. The molecule has 1 atom stereocenters. The van der Waals surface area contributed by atoms with E-state index in [9.17, 15) is 14.7 Å². The number of ether oxygens (including phenoxy) is 3. The van der Waals surface area contributed by atoms with Crippen molar-refractivity contribution in [1.82, 2.24) is 0 Å². The lowest BCUT2D eigenvalue weighted by Gasteiger charge is -2.30. The van der Waals surface area contributed by atoms with Crippen molar-refractivity contribution in [3.8, 4) is 11.5 Å². The van der Waals surface area contributed by atoms with E-state index in [0.29, 0.717) is 23.0 Å². The Bertz CT molecular complexity index is 815. The SMILES string of the molecule is C=C(C)C(=O)Oc1cc(CC2CCC(OC(O)C(=C)C)CC2)cc(OC(=O)C(=C)C)c1. The molecule has 6 nitrogen and oxygen atoms in total. The van der Waals surface area contributed by atoms with Crippen LogP contribution in [0.2, 0.25) is 0 Å². The van der Waals surface area contributed by atoms with Gasteiger partial charge in [-0.05, 0) is 82.1 Å². The lowest BCUT2D eigenvalue weighted by Crippen LogP contribution is -2.27. The normalized spacial score (nSPS) is 19.2. The third-order valence-electron chi connectivity index (χ3n) is 5.12. The molecule has 1 fully saturated rings. The van der Waals surface area contributed by atoms with Crippen molar-refractivity contribution in [3.05, 3.63) is 60.2 Å². The first-order valence-electron chi connectivity index (χ1n) is 10.4. The smallest absolute Gasteiger partial charge is 0.338 e. The topological polar surface area (TPSA) is 82.1 Å². The summed E-state index contributed by atoms with van der Waals surface area (Å²) < 4.78 is 16.4. The molecule has 0 radical (unpaired) electrons. The Balaban J connectivity index is 2.09. The van der Waals surface area contributed by atoms with Crippen LogP contribution in [0.15, 0.2) is 54.7 Å². The molecule has 1 aromatic rings. The van der Waals surface area contributed by atoms with Gasteiger partial charge in [-0.2, -0.15) is 0 Å². The van der Waals surface area contributed by atoms with Gasteiger partial charge >= 0.3 is 11.9 Å². The number of benzene rings is 1. The molecule has 1 aromatic carbocycles. The second-order valence-electron chi connectivity index (χ2n) is 8.33. The van der Waals surface area contributed by atoms with Gasteiger partial charge in [0.15, 0.2) is 6.29 Å². The van der Waals surface area contributed by atoms with Crippen LogP contribution in [0.4, 0.5) is 0 Å². The zero-order valence-corrected chi connectivity index (χ0v) is 18.6. The van der Waals surface area contributed by atoms with Gasteiger partial charge in [-0.15, -0.1) is 0 Å². The van der Waals surface area contributed by atoms with E-state index < -0.39 is 18.2 Å². The minimum atomic E-state index is -0.924. The summed E-state index contributed by atoms with van der Waals surface area (Å²) in [6.45, 7) is 15.8. The zero-order valence-electron chi connectivity index (χ0n) is 18.6. The Morgan fingerprint density at radius 1 is 0.935 bits per heavy atom. The van der Waals surface area contributed by atoms with E-state index in [0.717, 1.165) is 37.7 Å². The summed E-state index contributed by atoms with van der Waals surface area (Å²) in [6.07, 6.45) is 3.39. The first-order valence-corrected chi connectivity index (χ1v) is 10.4. The van der Waals surface area contributed by atoms with Crippen LogP contribution < -0.4 is 9.47 Å². The lowest BCUT2D eigenvalue weighted by atomic mass is 9.83. The van der Waals surface area contributed by atoms with E-state index >= 15 is 0 Å². The third-order valence-corrected chi connectivity index (χ3v) is 5.12. The largest absolute Gasteiger partial charge is 0.423 e. The predicted molar refractivity (Wildman–Crippen MR) is 119 cm³/mol. The molecule has 0 spiro atoms. The lowest BCUT2D eigenvalue weighted by molar-refractivity contribution is -0.130. The van der Waals surface area contributed by atoms with Crippen molar-refractivity contribution in [2.45, 2.75) is 65.3 Å². The summed E-state index contributed by atoms with van der Waals surface area (Å²) in [5.74, 6) is -0.0713. The van der Waals surface area contributed by atoms with Crippen LogP contribution in [0.5, 0.6) is 11.5 Å². The van der Waals surface area contributed by atoms with Gasteiger partial charge < -0.3 is 19.3 Å². The monoisotopic (exact) mass is 428 g/mol. The highest BCUT2D eigenvalue weighted by atomic mass is 16.6. The Labute approximate surface area is 184 Å². The molecule has 0 bridgehead atoms. The maximum absolute atomic E-state index is 11.9.